The third kappa shape index (κ3) is 4.66. The van der Waals surface area contributed by atoms with Crippen molar-refractivity contribution in [2.24, 2.45) is 5.92 Å². The van der Waals surface area contributed by atoms with E-state index in [0.717, 1.165) is 25.8 Å². The van der Waals surface area contributed by atoms with Gasteiger partial charge in [-0.2, -0.15) is 17.4 Å². The van der Waals surface area contributed by atoms with E-state index in [1.807, 2.05) is 0 Å². The summed E-state index contributed by atoms with van der Waals surface area (Å²) in [6.07, 6.45) is 2.80. The van der Waals surface area contributed by atoms with Crippen LogP contribution in [0, 0.1) is 5.92 Å². The van der Waals surface area contributed by atoms with Crippen LogP contribution >= 0.6 is 0 Å². The molecule has 0 aromatic heterocycles. The average Bonchev–Trinajstić information content (AvgIpc) is 2.89. The van der Waals surface area contributed by atoms with Gasteiger partial charge in [-0.05, 0) is 31.7 Å². The van der Waals surface area contributed by atoms with Crippen LogP contribution in [0.3, 0.4) is 0 Å². The van der Waals surface area contributed by atoms with Crippen molar-refractivity contribution in [2.75, 3.05) is 32.8 Å². The van der Waals surface area contributed by atoms with Gasteiger partial charge in [0.15, 0.2) is 0 Å². The van der Waals surface area contributed by atoms with Crippen LogP contribution in [-0.4, -0.2) is 57.7 Å². The quantitative estimate of drug-likeness (QED) is 0.741. The molecule has 2 N–H and O–H groups in total. The molecule has 2 unspecified atom stereocenters. The van der Waals surface area contributed by atoms with Crippen molar-refractivity contribution < 1.29 is 13.2 Å². The van der Waals surface area contributed by atoms with Crippen molar-refractivity contribution >= 4 is 10.2 Å². The van der Waals surface area contributed by atoms with E-state index in [4.69, 9.17) is 4.74 Å². The minimum atomic E-state index is -3.36. The fourth-order valence-electron chi connectivity index (χ4n) is 2.73. The van der Waals surface area contributed by atoms with Gasteiger partial charge in [-0.3, -0.25) is 0 Å². The highest BCUT2D eigenvalue weighted by atomic mass is 32.2. The van der Waals surface area contributed by atoms with Gasteiger partial charge in [-0.25, -0.2) is 0 Å². The summed E-state index contributed by atoms with van der Waals surface area (Å²) >= 11 is 0. The number of hydrogen-bond acceptors (Lipinski definition) is 4. The summed E-state index contributed by atoms with van der Waals surface area (Å²) in [5.41, 5.74) is 0. The van der Waals surface area contributed by atoms with Crippen LogP contribution in [0.5, 0.6) is 0 Å². The lowest BCUT2D eigenvalue weighted by Gasteiger charge is -2.33. The molecule has 0 saturated carbocycles. The summed E-state index contributed by atoms with van der Waals surface area (Å²) < 4.78 is 34.3. The summed E-state index contributed by atoms with van der Waals surface area (Å²) in [4.78, 5) is 0. The molecule has 118 valence electrons. The van der Waals surface area contributed by atoms with Crippen LogP contribution in [0.2, 0.25) is 0 Å². The fraction of sp³-hybridized carbons (Fsp3) is 1.00. The zero-order chi connectivity index (χ0) is 14.6. The van der Waals surface area contributed by atoms with Crippen molar-refractivity contribution in [3.8, 4) is 0 Å². The van der Waals surface area contributed by atoms with Crippen molar-refractivity contribution in [1.82, 2.24) is 14.3 Å². The molecule has 2 aliphatic rings. The topological polar surface area (TPSA) is 70.7 Å². The molecule has 0 amide bonds. The van der Waals surface area contributed by atoms with E-state index in [0.29, 0.717) is 38.3 Å². The molecule has 2 rings (SSSR count). The Kier molecular flexibility index (Phi) is 5.80. The minimum Gasteiger partial charge on any atom is -0.380 e. The molecule has 2 atom stereocenters. The molecule has 0 spiro atoms. The fourth-order valence-corrected chi connectivity index (χ4v) is 4.26. The molecule has 7 heteroatoms. The molecule has 0 aromatic rings. The Morgan fingerprint density at radius 1 is 1.35 bits per heavy atom. The Morgan fingerprint density at radius 2 is 2.15 bits per heavy atom. The van der Waals surface area contributed by atoms with Crippen LogP contribution < -0.4 is 10.0 Å². The molecule has 0 bridgehead atoms. The van der Waals surface area contributed by atoms with Crippen molar-refractivity contribution in [2.45, 2.75) is 45.2 Å². The standard InChI is InChI=1S/C13H27N3O3S/c1-11(2)14-8-12-4-3-6-16(9-12)20(17,18)15-13-5-7-19-10-13/h11-15H,3-10H2,1-2H3. The summed E-state index contributed by atoms with van der Waals surface area (Å²) in [6.45, 7) is 7.48. The highest BCUT2D eigenvalue weighted by Crippen LogP contribution is 2.19. The molecule has 6 nitrogen and oxygen atoms in total. The first kappa shape index (κ1) is 16.2. The van der Waals surface area contributed by atoms with Gasteiger partial charge in [0, 0.05) is 31.8 Å². The highest BCUT2D eigenvalue weighted by molar-refractivity contribution is 7.87. The number of ether oxygens (including phenoxy) is 1. The Hall–Kier alpha value is -0.210. The molecule has 0 aromatic carbocycles. The van der Waals surface area contributed by atoms with Crippen LogP contribution in [-0.2, 0) is 14.9 Å². The third-order valence-electron chi connectivity index (χ3n) is 3.88. The van der Waals surface area contributed by atoms with E-state index in [1.165, 1.54) is 0 Å². The Labute approximate surface area is 122 Å². The lowest BCUT2D eigenvalue weighted by atomic mass is 9.99. The van der Waals surface area contributed by atoms with Gasteiger partial charge in [-0.15, -0.1) is 0 Å². The van der Waals surface area contributed by atoms with Gasteiger partial charge in [0.1, 0.15) is 0 Å². The first-order chi connectivity index (χ1) is 9.47. The second-order valence-electron chi connectivity index (χ2n) is 6.11. The lowest BCUT2D eigenvalue weighted by molar-refractivity contribution is 0.191. The lowest BCUT2D eigenvalue weighted by Crippen LogP contribution is -2.50. The molecule has 2 saturated heterocycles. The predicted octanol–water partition coefficient (Wildman–Crippen LogP) is 0.320. The third-order valence-corrected chi connectivity index (χ3v) is 5.52. The van der Waals surface area contributed by atoms with Crippen molar-refractivity contribution in [3.63, 3.8) is 0 Å². The van der Waals surface area contributed by atoms with Crippen molar-refractivity contribution in [3.05, 3.63) is 0 Å². The zero-order valence-corrected chi connectivity index (χ0v) is 13.3. The van der Waals surface area contributed by atoms with Crippen LogP contribution in [0.15, 0.2) is 0 Å². The Morgan fingerprint density at radius 3 is 2.80 bits per heavy atom. The Bertz CT molecular complexity index is 394. The van der Waals surface area contributed by atoms with Gasteiger partial charge in [-0.1, -0.05) is 13.8 Å². The molecule has 0 aliphatic carbocycles. The van der Waals surface area contributed by atoms with E-state index in [2.05, 4.69) is 23.9 Å². The van der Waals surface area contributed by atoms with E-state index in [-0.39, 0.29) is 6.04 Å². The second-order valence-corrected chi connectivity index (χ2v) is 7.81. The molecule has 2 heterocycles. The molecule has 2 aliphatic heterocycles. The zero-order valence-electron chi connectivity index (χ0n) is 12.5. The van der Waals surface area contributed by atoms with E-state index in [9.17, 15) is 8.42 Å². The number of nitrogens with zero attached hydrogens (tertiary/aromatic N) is 1. The molecule has 20 heavy (non-hydrogen) atoms. The predicted molar refractivity (Wildman–Crippen MR) is 78.7 cm³/mol. The van der Waals surface area contributed by atoms with E-state index in [1.54, 1.807) is 4.31 Å². The number of hydrogen-bond donors (Lipinski definition) is 2. The summed E-state index contributed by atoms with van der Waals surface area (Å²) in [5, 5.41) is 3.40. The summed E-state index contributed by atoms with van der Waals surface area (Å²) in [7, 11) is -3.36. The smallest absolute Gasteiger partial charge is 0.279 e. The Balaban J connectivity index is 1.86. The maximum absolute atomic E-state index is 12.4. The number of rotatable bonds is 6. The van der Waals surface area contributed by atoms with Gasteiger partial charge in [0.05, 0.1) is 6.61 Å². The first-order valence-electron chi connectivity index (χ1n) is 7.56. The van der Waals surface area contributed by atoms with E-state index >= 15 is 0 Å². The molecule has 0 radical (unpaired) electrons. The summed E-state index contributed by atoms with van der Waals surface area (Å²) in [6, 6.07) is 0.380. The molecule has 2 fully saturated rings. The van der Waals surface area contributed by atoms with Crippen LogP contribution in [0.25, 0.3) is 0 Å². The highest BCUT2D eigenvalue weighted by Gasteiger charge is 2.31. The second kappa shape index (κ2) is 7.17. The monoisotopic (exact) mass is 305 g/mol. The van der Waals surface area contributed by atoms with Crippen LogP contribution in [0.1, 0.15) is 33.1 Å². The largest absolute Gasteiger partial charge is 0.380 e. The minimum absolute atomic E-state index is 0.0610. The van der Waals surface area contributed by atoms with Gasteiger partial charge in [0.25, 0.3) is 10.2 Å². The summed E-state index contributed by atoms with van der Waals surface area (Å²) in [5.74, 6) is 0.405. The SMILES string of the molecule is CC(C)NCC1CCCN(S(=O)(=O)NC2CCOC2)C1. The van der Waals surface area contributed by atoms with Gasteiger partial charge in [0.2, 0.25) is 0 Å². The van der Waals surface area contributed by atoms with Gasteiger partial charge >= 0.3 is 0 Å². The van der Waals surface area contributed by atoms with Gasteiger partial charge < -0.3 is 10.1 Å². The normalized spacial score (nSPS) is 29.1. The molecular weight excluding hydrogens is 278 g/mol. The average molecular weight is 305 g/mol. The van der Waals surface area contributed by atoms with E-state index < -0.39 is 10.2 Å². The maximum atomic E-state index is 12.4. The van der Waals surface area contributed by atoms with Crippen LogP contribution in [0.4, 0.5) is 0 Å². The first-order valence-corrected chi connectivity index (χ1v) is 9.00. The molecular formula is C13H27N3O3S. The van der Waals surface area contributed by atoms with Crippen molar-refractivity contribution in [1.29, 1.82) is 0 Å². The maximum Gasteiger partial charge on any atom is 0.279 e. The number of nitrogens with one attached hydrogen (secondary N) is 2. The number of piperidine rings is 1.